The molecule has 3 rings (SSSR count). The Balaban J connectivity index is 1.91. The molecule has 0 unspecified atom stereocenters. The lowest BCUT2D eigenvalue weighted by molar-refractivity contribution is -0.114. The Hall–Kier alpha value is -2.63. The number of benzene rings is 1. The van der Waals surface area contributed by atoms with Crippen molar-refractivity contribution in [2.75, 3.05) is 11.4 Å². The molecule has 1 aromatic carbocycles. The van der Waals surface area contributed by atoms with Gasteiger partial charge in [-0.1, -0.05) is 6.07 Å². The molecule has 0 saturated heterocycles. The summed E-state index contributed by atoms with van der Waals surface area (Å²) in [5.41, 5.74) is 0.342. The first-order valence-corrected chi connectivity index (χ1v) is 6.33. The molecule has 21 heavy (non-hydrogen) atoms. The number of halogens is 2. The van der Waals surface area contributed by atoms with Crippen molar-refractivity contribution < 1.29 is 18.4 Å². The Kier molecular flexibility index (Phi) is 3.21. The molecule has 0 atom stereocenters. The highest BCUT2D eigenvalue weighted by molar-refractivity contribution is 6.52. The molecular weight excluding hydrogens is 278 g/mol. The summed E-state index contributed by atoms with van der Waals surface area (Å²) in [6, 6.07) is 6.87. The van der Waals surface area contributed by atoms with Crippen LogP contribution in [-0.2, 0) is 11.2 Å². The zero-order valence-corrected chi connectivity index (χ0v) is 10.8. The Morgan fingerprint density at radius 2 is 1.95 bits per heavy atom. The third-order valence-electron chi connectivity index (χ3n) is 3.30. The van der Waals surface area contributed by atoms with Crippen LogP contribution in [0.3, 0.4) is 0 Å². The summed E-state index contributed by atoms with van der Waals surface area (Å²) >= 11 is 0. The number of ketones is 1. The molecule has 0 N–H and O–H groups in total. The number of pyridine rings is 1. The summed E-state index contributed by atoms with van der Waals surface area (Å²) in [4.78, 5) is 28.8. The zero-order chi connectivity index (χ0) is 15.0. The molecule has 2 aromatic rings. The molecular formula is C15H10F2N2O2. The van der Waals surface area contributed by atoms with Gasteiger partial charge in [0.2, 0.25) is 0 Å². The third-order valence-corrected chi connectivity index (χ3v) is 3.30. The van der Waals surface area contributed by atoms with Crippen LogP contribution in [-0.4, -0.2) is 23.2 Å². The van der Waals surface area contributed by atoms with Crippen LogP contribution in [0.5, 0.6) is 0 Å². The quantitative estimate of drug-likeness (QED) is 0.813. The first kappa shape index (κ1) is 13.4. The van der Waals surface area contributed by atoms with Crippen LogP contribution in [0, 0.1) is 11.6 Å². The van der Waals surface area contributed by atoms with Gasteiger partial charge >= 0.3 is 0 Å². The van der Waals surface area contributed by atoms with E-state index in [0.717, 1.165) is 11.0 Å². The largest absolute Gasteiger partial charge is 0.302 e. The normalized spacial score (nSPS) is 13.7. The highest BCUT2D eigenvalue weighted by Gasteiger charge is 2.38. The van der Waals surface area contributed by atoms with Crippen molar-refractivity contribution in [3.63, 3.8) is 0 Å². The Bertz CT molecular complexity index is 732. The highest BCUT2D eigenvalue weighted by atomic mass is 19.1. The minimum Gasteiger partial charge on any atom is -0.302 e. The highest BCUT2D eigenvalue weighted by Crippen LogP contribution is 2.32. The van der Waals surface area contributed by atoms with E-state index in [9.17, 15) is 18.4 Å². The van der Waals surface area contributed by atoms with Gasteiger partial charge in [0.05, 0.1) is 11.3 Å². The second kappa shape index (κ2) is 5.05. The van der Waals surface area contributed by atoms with Gasteiger partial charge < -0.3 is 4.90 Å². The van der Waals surface area contributed by atoms with Gasteiger partial charge in [0.1, 0.15) is 5.82 Å². The maximum absolute atomic E-state index is 13.9. The number of anilines is 1. The first-order valence-electron chi connectivity index (χ1n) is 6.33. The lowest BCUT2D eigenvalue weighted by Gasteiger charge is -2.16. The van der Waals surface area contributed by atoms with Gasteiger partial charge in [0, 0.05) is 30.9 Å². The van der Waals surface area contributed by atoms with E-state index >= 15 is 0 Å². The van der Waals surface area contributed by atoms with Crippen LogP contribution in [0.4, 0.5) is 14.5 Å². The van der Waals surface area contributed by atoms with Gasteiger partial charge in [-0.25, -0.2) is 8.78 Å². The van der Waals surface area contributed by atoms with Crippen LogP contribution in [0.2, 0.25) is 0 Å². The monoisotopic (exact) mass is 288 g/mol. The van der Waals surface area contributed by atoms with Gasteiger partial charge in [-0.15, -0.1) is 0 Å². The molecule has 1 amide bonds. The van der Waals surface area contributed by atoms with Crippen LogP contribution in [0.25, 0.3) is 0 Å². The van der Waals surface area contributed by atoms with Crippen molar-refractivity contribution in [2.24, 2.45) is 0 Å². The third kappa shape index (κ3) is 2.29. The predicted molar refractivity (Wildman–Crippen MR) is 71.0 cm³/mol. The standard InChI is InChI=1S/C15H10F2N2O2/c16-9-7-11-13(12(17)8-9)19(15(21)14(11)20)6-4-10-3-1-2-5-18-10/h1-3,5,7-8H,4,6H2. The Morgan fingerprint density at radius 3 is 2.67 bits per heavy atom. The van der Waals surface area contributed by atoms with E-state index < -0.39 is 23.3 Å². The van der Waals surface area contributed by atoms with Crippen molar-refractivity contribution in [3.05, 3.63) is 59.4 Å². The van der Waals surface area contributed by atoms with Gasteiger partial charge in [0.25, 0.3) is 11.7 Å². The molecule has 1 aromatic heterocycles. The van der Waals surface area contributed by atoms with Crippen LogP contribution >= 0.6 is 0 Å². The maximum atomic E-state index is 13.9. The molecule has 0 spiro atoms. The van der Waals surface area contributed by atoms with Crippen molar-refractivity contribution in [1.29, 1.82) is 0 Å². The number of carbonyl (C=O) groups excluding carboxylic acids is 2. The summed E-state index contributed by atoms with van der Waals surface area (Å²) in [6.07, 6.45) is 1.98. The summed E-state index contributed by atoms with van der Waals surface area (Å²) in [6.45, 7) is 0.108. The smallest absolute Gasteiger partial charge is 0.299 e. The summed E-state index contributed by atoms with van der Waals surface area (Å²) in [7, 11) is 0. The molecule has 0 bridgehead atoms. The van der Waals surface area contributed by atoms with Crippen molar-refractivity contribution in [3.8, 4) is 0 Å². The summed E-state index contributed by atoms with van der Waals surface area (Å²) in [5.74, 6) is -3.51. The minimum atomic E-state index is -0.912. The van der Waals surface area contributed by atoms with E-state index in [0.29, 0.717) is 18.2 Å². The number of amides is 1. The fraction of sp³-hybridized carbons (Fsp3) is 0.133. The van der Waals surface area contributed by atoms with Gasteiger partial charge in [-0.3, -0.25) is 14.6 Å². The fourth-order valence-corrected chi connectivity index (χ4v) is 2.34. The number of carbonyl (C=O) groups is 2. The van der Waals surface area contributed by atoms with Crippen molar-refractivity contribution in [2.45, 2.75) is 6.42 Å². The SMILES string of the molecule is O=C1C(=O)N(CCc2ccccn2)c2c(F)cc(F)cc21. The molecule has 0 aliphatic carbocycles. The predicted octanol–water partition coefficient (Wildman–Crippen LogP) is 2.13. The molecule has 4 nitrogen and oxygen atoms in total. The van der Waals surface area contributed by atoms with Gasteiger partial charge in [0.15, 0.2) is 5.82 Å². The fourth-order valence-electron chi connectivity index (χ4n) is 2.34. The van der Waals surface area contributed by atoms with Crippen molar-refractivity contribution in [1.82, 2.24) is 4.98 Å². The molecule has 6 heteroatoms. The van der Waals surface area contributed by atoms with E-state index in [1.54, 1.807) is 24.4 Å². The Morgan fingerprint density at radius 1 is 1.14 bits per heavy atom. The first-order chi connectivity index (χ1) is 10.1. The molecule has 106 valence electrons. The molecule has 0 saturated carbocycles. The number of hydrogen-bond donors (Lipinski definition) is 0. The van der Waals surface area contributed by atoms with Crippen LogP contribution in [0.1, 0.15) is 16.1 Å². The van der Waals surface area contributed by atoms with Crippen LogP contribution < -0.4 is 4.90 Å². The number of Topliss-reactive ketones (excluding diaryl/α,β-unsaturated/α-hetero) is 1. The number of fused-ring (bicyclic) bond motifs is 1. The molecule has 0 fully saturated rings. The summed E-state index contributed by atoms with van der Waals surface area (Å²) in [5, 5.41) is 0. The minimum absolute atomic E-state index is 0.108. The molecule has 1 aliphatic heterocycles. The van der Waals surface area contributed by atoms with E-state index in [2.05, 4.69) is 4.98 Å². The van der Waals surface area contributed by atoms with E-state index in [-0.39, 0.29) is 17.8 Å². The van der Waals surface area contributed by atoms with Crippen LogP contribution in [0.15, 0.2) is 36.5 Å². The number of hydrogen-bond acceptors (Lipinski definition) is 3. The zero-order valence-electron chi connectivity index (χ0n) is 10.8. The maximum Gasteiger partial charge on any atom is 0.299 e. The average Bonchev–Trinajstić information content (AvgIpc) is 2.71. The number of nitrogens with zero attached hydrogens (tertiary/aromatic N) is 2. The second-order valence-electron chi connectivity index (χ2n) is 4.64. The Labute approximate surface area is 119 Å². The van der Waals surface area contributed by atoms with E-state index in [1.165, 1.54) is 0 Å². The topological polar surface area (TPSA) is 50.3 Å². The number of rotatable bonds is 3. The lowest BCUT2D eigenvalue weighted by Crippen LogP contribution is -2.32. The van der Waals surface area contributed by atoms with E-state index in [1.807, 2.05) is 0 Å². The van der Waals surface area contributed by atoms with Gasteiger partial charge in [-0.2, -0.15) is 0 Å². The van der Waals surface area contributed by atoms with Gasteiger partial charge in [-0.05, 0) is 18.2 Å². The van der Waals surface area contributed by atoms with E-state index in [4.69, 9.17) is 0 Å². The number of aromatic nitrogens is 1. The molecule has 0 radical (unpaired) electrons. The lowest BCUT2D eigenvalue weighted by atomic mass is 10.1. The molecule has 1 aliphatic rings. The average molecular weight is 288 g/mol. The molecule has 2 heterocycles. The second-order valence-corrected chi connectivity index (χ2v) is 4.64. The summed E-state index contributed by atoms with van der Waals surface area (Å²) < 4.78 is 27.0. The van der Waals surface area contributed by atoms with Crippen molar-refractivity contribution >= 4 is 17.4 Å².